The summed E-state index contributed by atoms with van der Waals surface area (Å²) in [6.07, 6.45) is 0. The Morgan fingerprint density at radius 3 is 2.75 bits per heavy atom. The van der Waals surface area contributed by atoms with Crippen LogP contribution >= 0.6 is 23.1 Å². The van der Waals surface area contributed by atoms with Crippen LogP contribution in [-0.4, -0.2) is 29.5 Å². The lowest BCUT2D eigenvalue weighted by molar-refractivity contribution is 0.488. The lowest BCUT2D eigenvalue weighted by Gasteiger charge is -2.08. The van der Waals surface area contributed by atoms with Gasteiger partial charge in [0, 0.05) is 12.8 Å². The van der Waals surface area contributed by atoms with Gasteiger partial charge in [-0.25, -0.2) is 4.98 Å². The van der Waals surface area contributed by atoms with E-state index in [0.29, 0.717) is 15.4 Å². The summed E-state index contributed by atoms with van der Waals surface area (Å²) in [7, 11) is -2.06. The second-order valence-electron chi connectivity index (χ2n) is 4.90. The first-order valence-corrected chi connectivity index (χ1v) is 10.4. The van der Waals surface area contributed by atoms with Crippen LogP contribution < -0.4 is 9.74 Å². The topological polar surface area (TPSA) is 78.3 Å². The minimum atomic E-state index is -3.69. The van der Waals surface area contributed by atoms with E-state index in [1.165, 1.54) is 27.7 Å². The van der Waals surface area contributed by atoms with Gasteiger partial charge in [0.25, 0.3) is 5.56 Å². The molecule has 0 aliphatic heterocycles. The van der Waals surface area contributed by atoms with Gasteiger partial charge in [-0.15, -0.1) is 11.3 Å². The number of aromatic nitrogens is 2. The van der Waals surface area contributed by atoms with Crippen molar-refractivity contribution in [1.82, 2.24) is 9.55 Å². The van der Waals surface area contributed by atoms with Crippen molar-refractivity contribution in [2.24, 2.45) is 7.05 Å². The van der Waals surface area contributed by atoms with Crippen LogP contribution in [0.1, 0.15) is 0 Å². The first-order chi connectivity index (χ1) is 11.5. The highest BCUT2D eigenvalue weighted by atomic mass is 32.2. The van der Waals surface area contributed by atoms with E-state index in [2.05, 4.69) is 4.98 Å². The Labute approximate surface area is 147 Å². The second kappa shape index (κ2) is 6.96. The van der Waals surface area contributed by atoms with E-state index >= 15 is 0 Å². The molecule has 0 N–H and O–H groups in total. The van der Waals surface area contributed by atoms with Gasteiger partial charge >= 0.3 is 10.1 Å². The summed E-state index contributed by atoms with van der Waals surface area (Å²) in [4.78, 5) is 16.6. The zero-order valence-electron chi connectivity index (χ0n) is 12.7. The van der Waals surface area contributed by atoms with Crippen molar-refractivity contribution in [3.05, 3.63) is 52.1 Å². The number of hydrogen-bond donors (Lipinski definition) is 0. The molecule has 0 unspecified atom stereocenters. The fourth-order valence-corrected chi connectivity index (χ4v) is 5.06. The smallest absolute Gasteiger partial charge is 0.310 e. The fourth-order valence-electron chi connectivity index (χ4n) is 2.00. The van der Waals surface area contributed by atoms with Crippen LogP contribution in [0.3, 0.4) is 0 Å². The molecule has 0 saturated heterocycles. The van der Waals surface area contributed by atoms with Gasteiger partial charge in [0.15, 0.2) is 5.16 Å². The molecular weight excluding hydrogens is 368 g/mol. The molecule has 126 valence electrons. The summed E-state index contributed by atoms with van der Waals surface area (Å²) < 4.78 is 31.0. The van der Waals surface area contributed by atoms with Crippen molar-refractivity contribution in [2.45, 2.75) is 5.16 Å². The van der Waals surface area contributed by atoms with Crippen molar-refractivity contribution in [3.63, 3.8) is 0 Å². The largest absolute Gasteiger partial charge is 0.382 e. The van der Waals surface area contributed by atoms with Crippen LogP contribution in [0.15, 0.2) is 51.7 Å². The molecule has 0 bridgehead atoms. The molecule has 0 saturated carbocycles. The van der Waals surface area contributed by atoms with Gasteiger partial charge in [0.2, 0.25) is 0 Å². The summed E-state index contributed by atoms with van der Waals surface area (Å²) in [5, 5.41) is 2.30. The Morgan fingerprint density at radius 1 is 1.25 bits per heavy atom. The molecule has 9 heteroatoms. The highest BCUT2D eigenvalue weighted by molar-refractivity contribution is 8.00. The summed E-state index contributed by atoms with van der Waals surface area (Å²) in [6, 6.07) is 10.1. The molecule has 0 spiro atoms. The molecule has 0 radical (unpaired) electrons. The number of benzene rings is 1. The highest BCUT2D eigenvalue weighted by Crippen LogP contribution is 2.20. The molecule has 2 heterocycles. The van der Waals surface area contributed by atoms with Crippen LogP contribution in [0.25, 0.3) is 10.2 Å². The maximum Gasteiger partial charge on any atom is 0.310 e. The highest BCUT2D eigenvalue weighted by Gasteiger charge is 2.15. The molecule has 0 amide bonds. The van der Waals surface area contributed by atoms with Crippen LogP contribution in [0, 0.1) is 0 Å². The summed E-state index contributed by atoms with van der Waals surface area (Å²) in [5.41, 5.74) is 0.509. The molecule has 0 fully saturated rings. The van der Waals surface area contributed by atoms with E-state index in [0.717, 1.165) is 0 Å². The fraction of sp³-hybridized carbons (Fsp3) is 0.200. The number of fused-ring (bicyclic) bond motifs is 1. The molecule has 0 atom stereocenters. The number of thiophene rings is 1. The Kier molecular flexibility index (Phi) is 4.93. The number of thioether (sulfide) groups is 1. The zero-order valence-corrected chi connectivity index (χ0v) is 15.2. The van der Waals surface area contributed by atoms with Crippen LogP contribution in [0.2, 0.25) is 0 Å². The third-order valence-electron chi connectivity index (χ3n) is 3.18. The van der Waals surface area contributed by atoms with Gasteiger partial charge in [-0.2, -0.15) is 8.42 Å². The minimum absolute atomic E-state index is 0.124. The number of rotatable bonds is 6. The summed E-state index contributed by atoms with van der Waals surface area (Å²) in [6.45, 7) is 0. The molecule has 0 aliphatic carbocycles. The Morgan fingerprint density at radius 2 is 2.00 bits per heavy atom. The summed E-state index contributed by atoms with van der Waals surface area (Å²) >= 11 is 2.56. The molecule has 2 aromatic heterocycles. The monoisotopic (exact) mass is 382 g/mol. The molecule has 6 nitrogen and oxygen atoms in total. The zero-order chi connectivity index (χ0) is 17.2. The van der Waals surface area contributed by atoms with E-state index in [4.69, 9.17) is 4.18 Å². The average molecular weight is 382 g/mol. The normalized spacial score (nSPS) is 11.7. The first kappa shape index (κ1) is 17.0. The SMILES string of the molecule is Cn1c(SCCS(=O)(=O)Oc2ccccc2)nc2ccsc2c1=O. The number of para-hydroxylation sites is 1. The third kappa shape index (κ3) is 3.80. The van der Waals surface area contributed by atoms with E-state index in [-0.39, 0.29) is 22.8 Å². The van der Waals surface area contributed by atoms with Crippen LogP contribution in [0.5, 0.6) is 5.75 Å². The average Bonchev–Trinajstić information content (AvgIpc) is 3.01. The molecule has 0 aliphatic rings. The molecule has 24 heavy (non-hydrogen) atoms. The van der Waals surface area contributed by atoms with E-state index in [1.807, 2.05) is 5.38 Å². The molecule has 3 rings (SSSR count). The van der Waals surface area contributed by atoms with Gasteiger partial charge in [-0.3, -0.25) is 9.36 Å². The third-order valence-corrected chi connectivity index (χ3v) is 6.51. The maximum atomic E-state index is 12.2. The van der Waals surface area contributed by atoms with E-state index in [1.54, 1.807) is 43.4 Å². The van der Waals surface area contributed by atoms with Gasteiger partial charge in [-0.05, 0) is 23.6 Å². The van der Waals surface area contributed by atoms with Crippen molar-refractivity contribution in [3.8, 4) is 5.75 Å². The van der Waals surface area contributed by atoms with Gasteiger partial charge in [0.1, 0.15) is 10.4 Å². The van der Waals surface area contributed by atoms with E-state index < -0.39 is 10.1 Å². The second-order valence-corrected chi connectivity index (χ2v) is 8.57. The van der Waals surface area contributed by atoms with Crippen LogP contribution in [0.4, 0.5) is 0 Å². The quantitative estimate of drug-likeness (QED) is 0.370. The minimum Gasteiger partial charge on any atom is -0.382 e. The predicted molar refractivity (Wildman–Crippen MR) is 96.4 cm³/mol. The Balaban J connectivity index is 1.68. The van der Waals surface area contributed by atoms with E-state index in [9.17, 15) is 13.2 Å². The predicted octanol–water partition coefficient (Wildman–Crippen LogP) is 2.50. The maximum absolute atomic E-state index is 12.2. The van der Waals surface area contributed by atoms with Gasteiger partial charge < -0.3 is 4.18 Å². The van der Waals surface area contributed by atoms with Crippen molar-refractivity contribution in [1.29, 1.82) is 0 Å². The molecule has 3 aromatic rings. The van der Waals surface area contributed by atoms with Crippen molar-refractivity contribution >= 4 is 43.4 Å². The number of nitrogens with zero attached hydrogens (tertiary/aromatic N) is 2. The lowest BCUT2D eigenvalue weighted by Crippen LogP contribution is -2.20. The van der Waals surface area contributed by atoms with Crippen LogP contribution in [-0.2, 0) is 17.2 Å². The van der Waals surface area contributed by atoms with Gasteiger partial charge in [0.05, 0.1) is 11.3 Å². The standard InChI is InChI=1S/C15H14N2O4S3/c1-17-14(18)13-12(7-8-22-13)16-15(17)23-9-10-24(19,20)21-11-5-3-2-4-6-11/h2-8H,9-10H2,1H3. The summed E-state index contributed by atoms with van der Waals surface area (Å²) in [5.74, 6) is 0.350. The first-order valence-electron chi connectivity index (χ1n) is 7.00. The lowest BCUT2D eigenvalue weighted by atomic mass is 10.3. The number of hydrogen-bond acceptors (Lipinski definition) is 7. The van der Waals surface area contributed by atoms with Gasteiger partial charge in [-0.1, -0.05) is 30.0 Å². The van der Waals surface area contributed by atoms with Crippen molar-refractivity contribution < 1.29 is 12.6 Å². The Bertz CT molecular complexity index is 1010. The Hall–Kier alpha value is -1.84. The van der Waals surface area contributed by atoms with Crippen molar-refractivity contribution in [2.75, 3.05) is 11.5 Å². The molecule has 1 aromatic carbocycles. The molecular formula is C15H14N2O4S3.